The lowest BCUT2D eigenvalue weighted by Gasteiger charge is -2.63. The summed E-state index contributed by atoms with van der Waals surface area (Å²) in [7, 11) is 0. The third-order valence-electron chi connectivity index (χ3n) is 8.69. The summed E-state index contributed by atoms with van der Waals surface area (Å²) in [4.78, 5) is 24.5. The van der Waals surface area contributed by atoms with Gasteiger partial charge in [-0.2, -0.15) is 0 Å². The van der Waals surface area contributed by atoms with Gasteiger partial charge < -0.3 is 9.47 Å². The monoisotopic (exact) mass is 372 g/mol. The van der Waals surface area contributed by atoms with Gasteiger partial charge in [-0.3, -0.25) is 0 Å². The van der Waals surface area contributed by atoms with E-state index in [4.69, 9.17) is 9.47 Å². The van der Waals surface area contributed by atoms with Gasteiger partial charge in [0.25, 0.3) is 0 Å². The van der Waals surface area contributed by atoms with Crippen molar-refractivity contribution in [1.29, 1.82) is 0 Å². The van der Waals surface area contributed by atoms with Crippen LogP contribution in [0.15, 0.2) is 12.2 Å². The zero-order chi connectivity index (χ0) is 18.8. The molecule has 27 heavy (non-hydrogen) atoms. The number of hydrogen-bond acceptors (Lipinski definition) is 4. The quantitative estimate of drug-likeness (QED) is 0.534. The van der Waals surface area contributed by atoms with E-state index in [-0.39, 0.29) is 18.2 Å². The van der Waals surface area contributed by atoms with Gasteiger partial charge >= 0.3 is 11.9 Å². The topological polar surface area (TPSA) is 52.6 Å². The fraction of sp³-hybridized carbons (Fsp3) is 0.826. The molecule has 4 heteroatoms. The molecule has 0 aromatic rings. The maximum atomic E-state index is 12.8. The Bertz CT molecular complexity index is 637. The number of hydrogen-bond donors (Lipinski definition) is 0. The predicted octanol–water partition coefficient (Wildman–Crippen LogP) is 4.28. The van der Waals surface area contributed by atoms with Crippen LogP contribution in [0.4, 0.5) is 0 Å². The Kier molecular flexibility index (Phi) is 4.18. The van der Waals surface area contributed by atoms with Gasteiger partial charge in [0.2, 0.25) is 0 Å². The van der Waals surface area contributed by atoms with Crippen LogP contribution in [-0.2, 0) is 19.1 Å². The Morgan fingerprint density at radius 3 is 2.11 bits per heavy atom. The normalized spacial score (nSPS) is 46.5. The van der Waals surface area contributed by atoms with Crippen LogP contribution in [0.25, 0.3) is 0 Å². The van der Waals surface area contributed by atoms with Crippen LogP contribution in [0.3, 0.4) is 0 Å². The number of esters is 2. The summed E-state index contributed by atoms with van der Waals surface area (Å²) >= 11 is 0. The first-order valence-corrected chi connectivity index (χ1v) is 11.0. The standard InChI is InChI=1S/C23H32O4/c1-13(2)22(25)26-12-21(24)27-23(20-11-14-3-4-17(20)6-14)18-7-15-5-16(9-18)10-19(23)8-15/h14-20H,1,3-12H2,2H3. The Labute approximate surface area is 162 Å². The number of ether oxygens (including phenoxy) is 2. The molecule has 0 radical (unpaired) electrons. The van der Waals surface area contributed by atoms with Crippen LogP contribution in [0.5, 0.6) is 0 Å². The van der Waals surface area contributed by atoms with E-state index in [1.165, 1.54) is 57.8 Å². The van der Waals surface area contributed by atoms with Crippen LogP contribution >= 0.6 is 0 Å². The van der Waals surface area contributed by atoms with Gasteiger partial charge in [0.1, 0.15) is 5.60 Å². The molecule has 6 rings (SSSR count). The first-order chi connectivity index (χ1) is 13.0. The molecule has 0 amide bonds. The average Bonchev–Trinajstić information content (AvgIpc) is 3.25. The summed E-state index contributed by atoms with van der Waals surface area (Å²) in [5.74, 6) is 4.00. The summed E-state index contributed by atoms with van der Waals surface area (Å²) in [5, 5.41) is 0. The van der Waals surface area contributed by atoms with Crippen molar-refractivity contribution in [2.75, 3.05) is 6.61 Å². The third kappa shape index (κ3) is 2.77. The molecule has 0 aromatic carbocycles. The maximum absolute atomic E-state index is 12.8. The minimum Gasteiger partial charge on any atom is -0.456 e. The molecule has 0 N–H and O–H groups in total. The van der Waals surface area contributed by atoms with Crippen molar-refractivity contribution in [2.24, 2.45) is 41.4 Å². The lowest BCUT2D eigenvalue weighted by atomic mass is 9.46. The summed E-state index contributed by atoms with van der Waals surface area (Å²) in [6.07, 6.45) is 11.6. The highest BCUT2D eigenvalue weighted by atomic mass is 16.6. The van der Waals surface area contributed by atoms with Crippen LogP contribution in [-0.4, -0.2) is 24.1 Å². The van der Waals surface area contributed by atoms with Gasteiger partial charge in [0.05, 0.1) is 0 Å². The number of carbonyl (C=O) groups excluding carboxylic acids is 2. The van der Waals surface area contributed by atoms with Crippen molar-refractivity contribution in [2.45, 2.75) is 70.3 Å². The Balaban J connectivity index is 1.39. The number of rotatable bonds is 5. The molecular formula is C23H32O4. The fourth-order valence-electron chi connectivity index (χ4n) is 8.04. The fourth-order valence-corrected chi connectivity index (χ4v) is 8.04. The highest BCUT2D eigenvalue weighted by Gasteiger charge is 2.65. The Morgan fingerprint density at radius 2 is 1.59 bits per heavy atom. The first kappa shape index (κ1) is 17.8. The van der Waals surface area contributed by atoms with Crippen LogP contribution in [0.2, 0.25) is 0 Å². The first-order valence-electron chi connectivity index (χ1n) is 11.0. The second-order valence-electron chi connectivity index (χ2n) is 10.3. The van der Waals surface area contributed by atoms with Gasteiger partial charge in [0.15, 0.2) is 6.61 Å². The van der Waals surface area contributed by atoms with Crippen molar-refractivity contribution < 1.29 is 19.1 Å². The molecule has 0 heterocycles. The van der Waals surface area contributed by atoms with E-state index in [0.29, 0.717) is 23.3 Å². The van der Waals surface area contributed by atoms with Gasteiger partial charge in [-0.15, -0.1) is 0 Å². The molecule has 0 aliphatic heterocycles. The molecule has 6 bridgehead atoms. The van der Waals surface area contributed by atoms with Gasteiger partial charge in [0, 0.05) is 11.5 Å². The molecule has 6 aliphatic carbocycles. The summed E-state index contributed by atoms with van der Waals surface area (Å²) in [6.45, 7) is 4.91. The van der Waals surface area contributed by atoms with E-state index < -0.39 is 5.97 Å². The van der Waals surface area contributed by atoms with Crippen molar-refractivity contribution in [1.82, 2.24) is 0 Å². The molecule has 6 saturated carbocycles. The van der Waals surface area contributed by atoms with Crippen LogP contribution in [0.1, 0.15) is 64.7 Å². The highest BCUT2D eigenvalue weighted by Crippen LogP contribution is 2.66. The van der Waals surface area contributed by atoms with Gasteiger partial charge in [-0.1, -0.05) is 13.0 Å². The molecular weight excluding hydrogens is 340 g/mol. The molecule has 6 fully saturated rings. The molecule has 148 valence electrons. The van der Waals surface area contributed by atoms with E-state index in [0.717, 1.165) is 23.7 Å². The third-order valence-corrected chi connectivity index (χ3v) is 8.69. The maximum Gasteiger partial charge on any atom is 0.344 e. The van der Waals surface area contributed by atoms with Crippen molar-refractivity contribution in [3.63, 3.8) is 0 Å². The second-order valence-corrected chi connectivity index (χ2v) is 10.3. The molecule has 0 spiro atoms. The van der Waals surface area contributed by atoms with Crippen molar-refractivity contribution in [3.05, 3.63) is 12.2 Å². The number of fused-ring (bicyclic) bond motifs is 2. The van der Waals surface area contributed by atoms with Gasteiger partial charge in [-0.05, 0) is 93.8 Å². The average molecular weight is 373 g/mol. The van der Waals surface area contributed by atoms with E-state index in [9.17, 15) is 9.59 Å². The Morgan fingerprint density at radius 1 is 0.926 bits per heavy atom. The lowest BCUT2D eigenvalue weighted by molar-refractivity contribution is -0.237. The summed E-state index contributed by atoms with van der Waals surface area (Å²) in [5.41, 5.74) is 0.0419. The zero-order valence-electron chi connectivity index (χ0n) is 16.5. The Hall–Kier alpha value is -1.32. The second kappa shape index (κ2) is 6.35. The molecule has 3 atom stereocenters. The molecule has 4 nitrogen and oxygen atoms in total. The smallest absolute Gasteiger partial charge is 0.344 e. The molecule has 6 aliphatic rings. The van der Waals surface area contributed by atoms with E-state index in [1.807, 2.05) is 0 Å². The number of carbonyl (C=O) groups is 2. The minimum atomic E-state index is -0.508. The molecule has 0 aromatic heterocycles. The molecule has 0 saturated heterocycles. The van der Waals surface area contributed by atoms with Crippen molar-refractivity contribution >= 4 is 11.9 Å². The lowest BCUT2D eigenvalue weighted by Crippen LogP contribution is -2.64. The summed E-state index contributed by atoms with van der Waals surface area (Å²) < 4.78 is 11.6. The van der Waals surface area contributed by atoms with Crippen LogP contribution < -0.4 is 0 Å². The largest absolute Gasteiger partial charge is 0.456 e. The molecule has 3 unspecified atom stereocenters. The highest BCUT2D eigenvalue weighted by molar-refractivity contribution is 5.88. The SMILES string of the molecule is C=C(C)C(=O)OCC(=O)OC1(C2CC3CCC2C3)C2CC3CC(C2)CC1C3. The zero-order valence-corrected chi connectivity index (χ0v) is 16.5. The van der Waals surface area contributed by atoms with E-state index in [1.54, 1.807) is 6.92 Å². The minimum absolute atomic E-state index is 0.277. The van der Waals surface area contributed by atoms with Gasteiger partial charge in [-0.25, -0.2) is 9.59 Å². The summed E-state index contributed by atoms with van der Waals surface area (Å²) in [6, 6.07) is 0. The van der Waals surface area contributed by atoms with Crippen LogP contribution in [0, 0.1) is 41.4 Å². The van der Waals surface area contributed by atoms with E-state index >= 15 is 0 Å². The van der Waals surface area contributed by atoms with E-state index in [2.05, 4.69) is 6.58 Å². The predicted molar refractivity (Wildman–Crippen MR) is 101 cm³/mol. The van der Waals surface area contributed by atoms with Crippen molar-refractivity contribution in [3.8, 4) is 0 Å².